The molecular weight excluding hydrogens is 502 g/mol. The number of guanidine groups is 1. The molecule has 2 N–H and O–H groups in total. The second kappa shape index (κ2) is 13.3. The van der Waals surface area contributed by atoms with Crippen LogP contribution in [0, 0.1) is 5.82 Å². The van der Waals surface area contributed by atoms with Crippen molar-refractivity contribution >= 4 is 29.9 Å². The molecule has 30 heavy (non-hydrogen) atoms. The third-order valence-corrected chi connectivity index (χ3v) is 4.35. The van der Waals surface area contributed by atoms with Gasteiger partial charge in [0.2, 0.25) is 5.88 Å². The third-order valence-electron chi connectivity index (χ3n) is 4.35. The van der Waals surface area contributed by atoms with Crippen molar-refractivity contribution in [2.45, 2.75) is 25.5 Å². The van der Waals surface area contributed by atoms with Crippen LogP contribution < -0.4 is 15.4 Å². The Morgan fingerprint density at radius 2 is 2.20 bits per heavy atom. The van der Waals surface area contributed by atoms with E-state index in [0.717, 1.165) is 31.6 Å². The van der Waals surface area contributed by atoms with E-state index in [1.54, 1.807) is 31.4 Å². The zero-order valence-electron chi connectivity index (χ0n) is 17.0. The van der Waals surface area contributed by atoms with Crippen LogP contribution in [0.15, 0.2) is 47.6 Å². The van der Waals surface area contributed by atoms with Gasteiger partial charge in [0.05, 0.1) is 12.7 Å². The molecule has 3 rings (SSSR count). The highest BCUT2D eigenvalue weighted by molar-refractivity contribution is 14.0. The van der Waals surface area contributed by atoms with Crippen LogP contribution in [0.1, 0.15) is 18.4 Å². The Labute approximate surface area is 193 Å². The van der Waals surface area contributed by atoms with Gasteiger partial charge in [0.15, 0.2) is 5.96 Å². The number of benzene rings is 1. The number of pyridine rings is 1. The molecule has 1 unspecified atom stereocenters. The molecule has 7 nitrogen and oxygen atoms in total. The molecule has 1 saturated heterocycles. The Morgan fingerprint density at radius 1 is 1.30 bits per heavy atom. The number of nitrogens with zero attached hydrogens (tertiary/aromatic N) is 2. The van der Waals surface area contributed by atoms with Crippen molar-refractivity contribution in [1.29, 1.82) is 0 Å². The van der Waals surface area contributed by atoms with Gasteiger partial charge in [-0.25, -0.2) is 9.37 Å². The first kappa shape index (κ1) is 24.3. The lowest BCUT2D eigenvalue weighted by atomic mass is 10.3. The van der Waals surface area contributed by atoms with E-state index in [4.69, 9.17) is 14.2 Å². The summed E-state index contributed by atoms with van der Waals surface area (Å²) >= 11 is 0. The van der Waals surface area contributed by atoms with E-state index < -0.39 is 0 Å². The minimum absolute atomic E-state index is 0. The van der Waals surface area contributed by atoms with Crippen molar-refractivity contribution in [2.75, 3.05) is 33.4 Å². The molecule has 2 heterocycles. The van der Waals surface area contributed by atoms with Crippen molar-refractivity contribution in [3.8, 4) is 11.6 Å². The van der Waals surface area contributed by atoms with Gasteiger partial charge < -0.3 is 24.8 Å². The second-order valence-corrected chi connectivity index (χ2v) is 6.63. The first-order valence-electron chi connectivity index (χ1n) is 9.75. The minimum Gasteiger partial charge on any atom is -0.439 e. The molecule has 0 radical (unpaired) electrons. The number of rotatable bonds is 9. The number of aromatic nitrogens is 1. The number of aliphatic imine (C=N–C) groups is 1. The highest BCUT2D eigenvalue weighted by Crippen LogP contribution is 2.19. The average molecular weight is 530 g/mol. The average Bonchev–Trinajstić information content (AvgIpc) is 3.25. The Bertz CT molecular complexity index is 786. The van der Waals surface area contributed by atoms with Gasteiger partial charge in [0.1, 0.15) is 11.6 Å². The van der Waals surface area contributed by atoms with Gasteiger partial charge in [-0.2, -0.15) is 0 Å². The normalized spacial score (nSPS) is 16.1. The molecule has 0 spiro atoms. The van der Waals surface area contributed by atoms with Crippen LogP contribution in [0.5, 0.6) is 11.6 Å². The minimum atomic E-state index is -0.346. The van der Waals surface area contributed by atoms with Crippen molar-refractivity contribution < 1.29 is 18.6 Å². The maximum atomic E-state index is 13.2. The maximum Gasteiger partial charge on any atom is 0.219 e. The molecule has 0 aliphatic carbocycles. The predicted molar refractivity (Wildman–Crippen MR) is 124 cm³/mol. The lowest BCUT2D eigenvalue weighted by Gasteiger charge is -2.13. The topological polar surface area (TPSA) is 77.0 Å². The van der Waals surface area contributed by atoms with E-state index in [2.05, 4.69) is 20.6 Å². The van der Waals surface area contributed by atoms with Gasteiger partial charge in [0.25, 0.3) is 0 Å². The fraction of sp³-hybridized carbons (Fsp3) is 0.429. The quantitative estimate of drug-likeness (QED) is 0.224. The number of halogens is 2. The summed E-state index contributed by atoms with van der Waals surface area (Å²) in [6, 6.07) is 9.62. The largest absolute Gasteiger partial charge is 0.439 e. The molecule has 2 aromatic rings. The molecule has 1 fully saturated rings. The molecule has 164 valence electrons. The van der Waals surface area contributed by atoms with Gasteiger partial charge in [0, 0.05) is 51.7 Å². The third kappa shape index (κ3) is 8.41. The van der Waals surface area contributed by atoms with Crippen molar-refractivity contribution in [2.24, 2.45) is 4.99 Å². The SMILES string of the molecule is CN=C(NCCCOC1CCOC1)NCc1ccc(Oc2cccc(F)c2)nc1.I. The molecule has 0 saturated carbocycles. The lowest BCUT2D eigenvalue weighted by Crippen LogP contribution is -2.37. The van der Waals surface area contributed by atoms with E-state index in [0.29, 0.717) is 37.3 Å². The summed E-state index contributed by atoms with van der Waals surface area (Å²) in [4.78, 5) is 8.47. The van der Waals surface area contributed by atoms with Gasteiger partial charge in [-0.1, -0.05) is 12.1 Å². The molecule has 1 aliphatic heterocycles. The van der Waals surface area contributed by atoms with E-state index in [1.807, 2.05) is 6.07 Å². The Kier molecular flexibility index (Phi) is 10.8. The molecule has 1 aromatic carbocycles. The van der Waals surface area contributed by atoms with E-state index in [-0.39, 0.29) is 35.9 Å². The molecule has 1 aliphatic rings. The number of ether oxygens (including phenoxy) is 3. The van der Waals surface area contributed by atoms with Crippen LogP contribution in [0.4, 0.5) is 4.39 Å². The van der Waals surface area contributed by atoms with Crippen LogP contribution >= 0.6 is 24.0 Å². The number of hydrogen-bond acceptors (Lipinski definition) is 5. The maximum absolute atomic E-state index is 13.2. The number of nitrogens with one attached hydrogen (secondary N) is 2. The summed E-state index contributed by atoms with van der Waals surface area (Å²) in [5.41, 5.74) is 0.976. The summed E-state index contributed by atoms with van der Waals surface area (Å²) < 4.78 is 29.8. The molecule has 1 atom stereocenters. The van der Waals surface area contributed by atoms with Crippen molar-refractivity contribution in [3.05, 3.63) is 54.0 Å². The van der Waals surface area contributed by atoms with Crippen molar-refractivity contribution in [3.63, 3.8) is 0 Å². The molecule has 1 aromatic heterocycles. The van der Waals surface area contributed by atoms with Gasteiger partial charge in [-0.05, 0) is 30.5 Å². The highest BCUT2D eigenvalue weighted by atomic mass is 127. The monoisotopic (exact) mass is 530 g/mol. The Balaban J connectivity index is 0.00000320. The zero-order valence-corrected chi connectivity index (χ0v) is 19.3. The Morgan fingerprint density at radius 3 is 2.90 bits per heavy atom. The van der Waals surface area contributed by atoms with Gasteiger partial charge in [-0.3, -0.25) is 4.99 Å². The van der Waals surface area contributed by atoms with Gasteiger partial charge >= 0.3 is 0 Å². The van der Waals surface area contributed by atoms with Crippen LogP contribution in [0.2, 0.25) is 0 Å². The predicted octanol–water partition coefficient (Wildman–Crippen LogP) is 3.49. The molecule has 0 bridgehead atoms. The fourth-order valence-electron chi connectivity index (χ4n) is 2.81. The lowest BCUT2D eigenvalue weighted by molar-refractivity contribution is 0.0420. The standard InChI is InChI=1S/C21H27FN4O3.HI/c1-23-21(24-9-3-10-28-19-8-11-27-15-19)26-14-16-6-7-20(25-13-16)29-18-5-2-4-17(22)12-18;/h2,4-7,12-13,19H,3,8-11,14-15H2,1H3,(H2,23,24,26);1H. The highest BCUT2D eigenvalue weighted by Gasteiger charge is 2.15. The van der Waals surface area contributed by atoms with Gasteiger partial charge in [-0.15, -0.1) is 24.0 Å². The zero-order chi connectivity index (χ0) is 20.3. The molecule has 9 heteroatoms. The summed E-state index contributed by atoms with van der Waals surface area (Å²) in [6.07, 6.45) is 3.83. The van der Waals surface area contributed by atoms with Crippen molar-refractivity contribution in [1.82, 2.24) is 15.6 Å². The van der Waals surface area contributed by atoms with E-state index >= 15 is 0 Å². The van der Waals surface area contributed by atoms with Crippen LogP contribution in [0.25, 0.3) is 0 Å². The summed E-state index contributed by atoms with van der Waals surface area (Å²) in [7, 11) is 1.73. The molecule has 0 amide bonds. The summed E-state index contributed by atoms with van der Waals surface area (Å²) in [5.74, 6) is 1.20. The van der Waals surface area contributed by atoms with Crippen LogP contribution in [-0.2, 0) is 16.0 Å². The summed E-state index contributed by atoms with van der Waals surface area (Å²) in [6.45, 7) is 3.55. The summed E-state index contributed by atoms with van der Waals surface area (Å²) in [5, 5.41) is 6.50. The number of hydrogen-bond donors (Lipinski definition) is 2. The first-order chi connectivity index (χ1) is 14.2. The first-order valence-corrected chi connectivity index (χ1v) is 9.75. The van der Waals surface area contributed by atoms with Crippen LogP contribution in [-0.4, -0.2) is 50.5 Å². The second-order valence-electron chi connectivity index (χ2n) is 6.63. The van der Waals surface area contributed by atoms with E-state index in [9.17, 15) is 4.39 Å². The van der Waals surface area contributed by atoms with E-state index in [1.165, 1.54) is 12.1 Å². The fourth-order valence-corrected chi connectivity index (χ4v) is 2.81. The van der Waals surface area contributed by atoms with Crippen LogP contribution in [0.3, 0.4) is 0 Å². The smallest absolute Gasteiger partial charge is 0.219 e. The molecular formula is C21H28FIN4O3. The Hall–Kier alpha value is -1.98.